The summed E-state index contributed by atoms with van der Waals surface area (Å²) in [4.78, 5) is 9.78. The van der Waals surface area contributed by atoms with E-state index in [9.17, 15) is 0 Å². The topological polar surface area (TPSA) is 45.4 Å². The molecule has 4 heteroatoms. The van der Waals surface area contributed by atoms with E-state index in [4.69, 9.17) is 10.7 Å². The molecule has 1 saturated heterocycles. The summed E-state index contributed by atoms with van der Waals surface area (Å²) in [6.07, 6.45) is 0.886. The molecular weight excluding hydrogens is 272 g/mol. The fourth-order valence-electron chi connectivity index (χ4n) is 3.11. The number of piperazine rings is 1. The number of nitrogens with two attached hydrogens (primary N) is 1. The lowest BCUT2D eigenvalue weighted by Gasteiger charge is -2.34. The van der Waals surface area contributed by atoms with Gasteiger partial charge in [-0.05, 0) is 68.8 Å². The molecule has 1 aliphatic rings. The van der Waals surface area contributed by atoms with E-state index < -0.39 is 0 Å². The van der Waals surface area contributed by atoms with E-state index in [2.05, 4.69) is 48.9 Å². The molecule has 0 saturated carbocycles. The highest BCUT2D eigenvalue weighted by Gasteiger charge is 2.19. The van der Waals surface area contributed by atoms with Crippen LogP contribution in [0.1, 0.15) is 16.7 Å². The zero-order valence-electron chi connectivity index (χ0n) is 13.9. The highest BCUT2D eigenvalue weighted by atomic mass is 15.3. The Morgan fingerprint density at radius 1 is 1.05 bits per heavy atom. The van der Waals surface area contributed by atoms with Crippen molar-refractivity contribution in [1.82, 2.24) is 9.88 Å². The Hall–Kier alpha value is -1.65. The number of benzene rings is 1. The van der Waals surface area contributed by atoms with Gasteiger partial charge < -0.3 is 15.5 Å². The Morgan fingerprint density at radius 2 is 1.73 bits per heavy atom. The lowest BCUT2D eigenvalue weighted by molar-refractivity contribution is 0.312. The zero-order valence-corrected chi connectivity index (χ0v) is 13.9. The van der Waals surface area contributed by atoms with Crippen LogP contribution in [0.2, 0.25) is 0 Å². The summed E-state index contributed by atoms with van der Waals surface area (Å²) >= 11 is 0. The number of aryl methyl sites for hydroxylation is 2. The Balaban J connectivity index is 2.06. The van der Waals surface area contributed by atoms with Crippen LogP contribution in [0, 0.1) is 13.8 Å². The van der Waals surface area contributed by atoms with Gasteiger partial charge in [-0.1, -0.05) is 0 Å². The van der Waals surface area contributed by atoms with E-state index in [1.165, 1.54) is 22.1 Å². The SMILES string of the molecule is Cc1cc2cc(CCN)c(N3CCN(C)CC3)nc2cc1C. The summed E-state index contributed by atoms with van der Waals surface area (Å²) in [5, 5.41) is 1.23. The van der Waals surface area contributed by atoms with Crippen LogP contribution < -0.4 is 10.6 Å². The molecular formula is C18H26N4. The Bertz CT molecular complexity index is 672. The molecule has 0 spiro atoms. The predicted octanol–water partition coefficient (Wildman–Crippen LogP) is 2.10. The lowest BCUT2D eigenvalue weighted by Crippen LogP contribution is -2.45. The van der Waals surface area contributed by atoms with Crippen LogP contribution >= 0.6 is 0 Å². The number of aromatic nitrogens is 1. The molecule has 1 aliphatic heterocycles. The number of hydrogen-bond acceptors (Lipinski definition) is 4. The first-order chi connectivity index (χ1) is 10.6. The second kappa shape index (κ2) is 6.23. The maximum atomic E-state index is 5.82. The number of nitrogens with zero attached hydrogens (tertiary/aromatic N) is 3. The van der Waals surface area contributed by atoms with E-state index in [-0.39, 0.29) is 0 Å². The van der Waals surface area contributed by atoms with Crippen LogP contribution in [0.25, 0.3) is 10.9 Å². The summed E-state index contributed by atoms with van der Waals surface area (Å²) in [6.45, 7) is 9.24. The third kappa shape index (κ3) is 2.94. The molecule has 0 unspecified atom stereocenters. The first-order valence-corrected chi connectivity index (χ1v) is 8.13. The molecule has 3 rings (SSSR count). The monoisotopic (exact) mass is 298 g/mol. The van der Waals surface area contributed by atoms with Gasteiger partial charge in [-0.3, -0.25) is 0 Å². The molecule has 2 aromatic rings. The molecule has 0 amide bonds. The van der Waals surface area contributed by atoms with E-state index in [0.717, 1.165) is 43.9 Å². The largest absolute Gasteiger partial charge is 0.354 e. The van der Waals surface area contributed by atoms with Gasteiger partial charge in [0.25, 0.3) is 0 Å². The molecule has 118 valence electrons. The lowest BCUT2D eigenvalue weighted by atomic mass is 10.0. The van der Waals surface area contributed by atoms with Gasteiger partial charge in [0.15, 0.2) is 0 Å². The summed E-state index contributed by atoms with van der Waals surface area (Å²) in [5.74, 6) is 1.13. The van der Waals surface area contributed by atoms with Crippen LogP contribution in [-0.2, 0) is 6.42 Å². The van der Waals surface area contributed by atoms with Crippen LogP contribution in [0.3, 0.4) is 0 Å². The normalized spacial score (nSPS) is 16.5. The van der Waals surface area contributed by atoms with Gasteiger partial charge in [0, 0.05) is 31.6 Å². The number of fused-ring (bicyclic) bond motifs is 1. The number of rotatable bonds is 3. The summed E-state index contributed by atoms with van der Waals surface area (Å²) < 4.78 is 0. The van der Waals surface area contributed by atoms with Gasteiger partial charge in [0.1, 0.15) is 5.82 Å². The van der Waals surface area contributed by atoms with Crippen molar-refractivity contribution < 1.29 is 0 Å². The van der Waals surface area contributed by atoms with Crippen molar-refractivity contribution in [3.63, 3.8) is 0 Å². The van der Waals surface area contributed by atoms with Crippen molar-refractivity contribution >= 4 is 16.7 Å². The molecule has 2 N–H and O–H groups in total. The maximum absolute atomic E-state index is 5.82. The Morgan fingerprint density at radius 3 is 2.41 bits per heavy atom. The van der Waals surface area contributed by atoms with Gasteiger partial charge in [0.05, 0.1) is 5.52 Å². The van der Waals surface area contributed by atoms with Crippen molar-refractivity contribution in [3.05, 3.63) is 34.9 Å². The van der Waals surface area contributed by atoms with Crippen LogP contribution in [0.4, 0.5) is 5.82 Å². The molecule has 2 heterocycles. The van der Waals surface area contributed by atoms with Crippen molar-refractivity contribution in [2.24, 2.45) is 5.73 Å². The van der Waals surface area contributed by atoms with Gasteiger partial charge >= 0.3 is 0 Å². The smallest absolute Gasteiger partial charge is 0.132 e. The number of likely N-dealkylation sites (N-methyl/N-ethyl adjacent to an activating group) is 1. The predicted molar refractivity (Wildman–Crippen MR) is 93.7 cm³/mol. The van der Waals surface area contributed by atoms with Crippen LogP contribution in [0.5, 0.6) is 0 Å². The summed E-state index contributed by atoms with van der Waals surface area (Å²) in [7, 11) is 2.18. The van der Waals surface area contributed by atoms with Gasteiger partial charge in [-0.15, -0.1) is 0 Å². The Labute approximate surface area is 132 Å². The van der Waals surface area contributed by atoms with Crippen molar-refractivity contribution in [2.75, 3.05) is 44.7 Å². The van der Waals surface area contributed by atoms with Crippen LogP contribution in [-0.4, -0.2) is 49.7 Å². The highest BCUT2D eigenvalue weighted by molar-refractivity contribution is 5.83. The summed E-state index contributed by atoms with van der Waals surface area (Å²) in [5.41, 5.74) is 10.8. The molecule has 1 aromatic carbocycles. The minimum atomic E-state index is 0.665. The van der Waals surface area contributed by atoms with Crippen molar-refractivity contribution in [3.8, 4) is 0 Å². The second-order valence-corrected chi connectivity index (χ2v) is 6.43. The molecule has 0 bridgehead atoms. The molecule has 0 radical (unpaired) electrons. The molecule has 4 nitrogen and oxygen atoms in total. The first kappa shape index (κ1) is 15.3. The zero-order chi connectivity index (χ0) is 15.7. The van der Waals surface area contributed by atoms with Crippen LogP contribution in [0.15, 0.2) is 18.2 Å². The highest BCUT2D eigenvalue weighted by Crippen LogP contribution is 2.26. The van der Waals surface area contributed by atoms with Gasteiger partial charge in [-0.2, -0.15) is 0 Å². The number of hydrogen-bond donors (Lipinski definition) is 1. The molecule has 0 atom stereocenters. The van der Waals surface area contributed by atoms with Crippen molar-refractivity contribution in [2.45, 2.75) is 20.3 Å². The quantitative estimate of drug-likeness (QED) is 0.942. The standard InChI is InChI=1S/C18H26N4/c1-13-10-16-12-15(4-5-19)18(20-17(16)11-14(13)2)22-8-6-21(3)7-9-22/h10-12H,4-9,19H2,1-3H3. The summed E-state index contributed by atoms with van der Waals surface area (Å²) in [6, 6.07) is 6.73. The molecule has 1 aromatic heterocycles. The van der Waals surface area contributed by atoms with E-state index in [1.54, 1.807) is 0 Å². The Kier molecular flexibility index (Phi) is 4.32. The van der Waals surface area contributed by atoms with E-state index in [0.29, 0.717) is 6.54 Å². The third-order valence-electron chi connectivity index (χ3n) is 4.70. The molecule has 1 fully saturated rings. The molecule has 0 aliphatic carbocycles. The average molecular weight is 298 g/mol. The second-order valence-electron chi connectivity index (χ2n) is 6.43. The van der Waals surface area contributed by atoms with Crippen molar-refractivity contribution in [1.29, 1.82) is 0 Å². The minimum absolute atomic E-state index is 0.665. The van der Waals surface area contributed by atoms with E-state index >= 15 is 0 Å². The van der Waals surface area contributed by atoms with E-state index in [1.807, 2.05) is 0 Å². The fourth-order valence-corrected chi connectivity index (χ4v) is 3.11. The minimum Gasteiger partial charge on any atom is -0.354 e. The fraction of sp³-hybridized carbons (Fsp3) is 0.500. The van der Waals surface area contributed by atoms with Gasteiger partial charge in [-0.25, -0.2) is 4.98 Å². The third-order valence-corrected chi connectivity index (χ3v) is 4.70. The maximum Gasteiger partial charge on any atom is 0.132 e. The molecule has 22 heavy (non-hydrogen) atoms. The number of pyridine rings is 1. The van der Waals surface area contributed by atoms with Gasteiger partial charge in [0.2, 0.25) is 0 Å². The average Bonchev–Trinajstić information content (AvgIpc) is 2.50. The number of anilines is 1. The first-order valence-electron chi connectivity index (χ1n) is 8.13.